The molecule has 1 aromatic carbocycles. The normalized spacial score (nSPS) is 16.8. The zero-order valence-electron chi connectivity index (χ0n) is 14.2. The molecule has 24 heavy (non-hydrogen) atoms. The van der Waals surface area contributed by atoms with Crippen molar-refractivity contribution in [3.8, 4) is 5.69 Å². The zero-order chi connectivity index (χ0) is 17.2. The molecule has 1 aliphatic heterocycles. The van der Waals surface area contributed by atoms with Crippen molar-refractivity contribution in [3.05, 3.63) is 51.9 Å². The van der Waals surface area contributed by atoms with E-state index in [1.807, 2.05) is 31.2 Å². The van der Waals surface area contributed by atoms with Crippen LogP contribution in [0.5, 0.6) is 0 Å². The van der Waals surface area contributed by atoms with Crippen LogP contribution in [0.1, 0.15) is 35.8 Å². The number of carbonyl (C=O) groups excluding carboxylic acids is 1. The first kappa shape index (κ1) is 16.5. The summed E-state index contributed by atoms with van der Waals surface area (Å²) >= 11 is 0. The second-order valence-corrected chi connectivity index (χ2v) is 6.92. The van der Waals surface area contributed by atoms with Gasteiger partial charge in [0.15, 0.2) is 0 Å². The maximum Gasteiger partial charge on any atom is 0.271 e. The van der Waals surface area contributed by atoms with Crippen molar-refractivity contribution < 1.29 is 4.79 Å². The Kier molecular flexibility index (Phi) is 4.57. The topological polar surface area (TPSA) is 78.9 Å². The molecule has 2 heterocycles. The van der Waals surface area contributed by atoms with E-state index in [1.165, 1.54) is 10.7 Å². The summed E-state index contributed by atoms with van der Waals surface area (Å²) in [5, 5.41) is 9.19. The number of carbonyl (C=O) groups is 1. The Balaban J connectivity index is 1.71. The molecule has 0 unspecified atom stereocenters. The van der Waals surface area contributed by atoms with Crippen LogP contribution in [0.15, 0.2) is 35.1 Å². The van der Waals surface area contributed by atoms with E-state index in [0.717, 1.165) is 37.2 Å². The fourth-order valence-electron chi connectivity index (χ4n) is 2.99. The molecule has 0 saturated carbocycles. The molecule has 1 fully saturated rings. The Hall–Kier alpha value is -2.34. The van der Waals surface area contributed by atoms with Gasteiger partial charge in [-0.15, -0.1) is 0 Å². The Morgan fingerprint density at radius 1 is 1.25 bits per heavy atom. The summed E-state index contributed by atoms with van der Waals surface area (Å²) < 4.78 is 1.39. The maximum absolute atomic E-state index is 12.4. The Morgan fingerprint density at radius 3 is 2.58 bits per heavy atom. The Morgan fingerprint density at radius 2 is 1.92 bits per heavy atom. The van der Waals surface area contributed by atoms with Crippen LogP contribution >= 0.6 is 0 Å². The number of nitrogens with one attached hydrogen (secondary N) is 3. The number of piperidine rings is 1. The average molecular weight is 328 g/mol. The van der Waals surface area contributed by atoms with Gasteiger partial charge in [0.25, 0.3) is 11.5 Å². The van der Waals surface area contributed by atoms with Gasteiger partial charge < -0.3 is 10.6 Å². The van der Waals surface area contributed by atoms with Gasteiger partial charge >= 0.3 is 0 Å². The number of nitrogens with zero attached hydrogens (tertiary/aromatic N) is 1. The van der Waals surface area contributed by atoms with Gasteiger partial charge in [-0.05, 0) is 50.4 Å². The van der Waals surface area contributed by atoms with Crippen LogP contribution < -0.4 is 16.2 Å². The van der Waals surface area contributed by atoms with Crippen LogP contribution in [0, 0.1) is 12.3 Å². The predicted molar refractivity (Wildman–Crippen MR) is 93.7 cm³/mol. The molecule has 0 aliphatic carbocycles. The highest BCUT2D eigenvalue weighted by Crippen LogP contribution is 2.26. The maximum atomic E-state index is 12.4. The van der Waals surface area contributed by atoms with Gasteiger partial charge in [0.1, 0.15) is 5.69 Å². The molecule has 2 aromatic rings. The molecule has 1 aliphatic rings. The number of aryl methyl sites for hydroxylation is 1. The molecule has 6 nitrogen and oxygen atoms in total. The minimum absolute atomic E-state index is 0.112. The monoisotopic (exact) mass is 328 g/mol. The van der Waals surface area contributed by atoms with E-state index in [0.29, 0.717) is 6.54 Å². The highest BCUT2D eigenvalue weighted by Gasteiger charge is 2.27. The van der Waals surface area contributed by atoms with Crippen LogP contribution in [0.4, 0.5) is 0 Å². The fourth-order valence-corrected chi connectivity index (χ4v) is 2.99. The van der Waals surface area contributed by atoms with Crippen LogP contribution in [-0.2, 0) is 0 Å². The number of amides is 1. The summed E-state index contributed by atoms with van der Waals surface area (Å²) in [5.41, 5.74) is 2.00. The predicted octanol–water partition coefficient (Wildman–Crippen LogP) is 1.59. The number of hydrogen-bond donors (Lipinski definition) is 3. The summed E-state index contributed by atoms with van der Waals surface area (Å²) in [6, 6.07) is 8.91. The Labute approximate surface area is 141 Å². The molecular formula is C18H24N4O2. The summed E-state index contributed by atoms with van der Waals surface area (Å²) in [6.07, 6.45) is 2.07. The molecule has 1 saturated heterocycles. The SMILES string of the molecule is Cc1ccc(-n2[nH]c(C(=O)NCC3(C)CCNCC3)cc2=O)cc1. The lowest BCUT2D eigenvalue weighted by Crippen LogP contribution is -2.43. The van der Waals surface area contributed by atoms with Gasteiger partial charge in [0, 0.05) is 12.6 Å². The summed E-state index contributed by atoms with van der Waals surface area (Å²) in [6.45, 7) is 6.75. The molecule has 0 bridgehead atoms. The molecular weight excluding hydrogens is 304 g/mol. The van der Waals surface area contributed by atoms with Crippen molar-refractivity contribution in [2.75, 3.05) is 19.6 Å². The van der Waals surface area contributed by atoms with Gasteiger partial charge in [0.05, 0.1) is 5.69 Å². The number of benzene rings is 1. The van der Waals surface area contributed by atoms with E-state index in [2.05, 4.69) is 22.7 Å². The van der Waals surface area contributed by atoms with E-state index in [-0.39, 0.29) is 22.6 Å². The third-order valence-corrected chi connectivity index (χ3v) is 4.74. The minimum atomic E-state index is -0.239. The van der Waals surface area contributed by atoms with Crippen LogP contribution in [0.25, 0.3) is 5.69 Å². The number of aromatic amines is 1. The van der Waals surface area contributed by atoms with Crippen molar-refractivity contribution in [2.24, 2.45) is 5.41 Å². The molecule has 3 N–H and O–H groups in total. The van der Waals surface area contributed by atoms with E-state index in [4.69, 9.17) is 0 Å². The molecule has 6 heteroatoms. The average Bonchev–Trinajstić information content (AvgIpc) is 2.96. The number of aromatic nitrogens is 2. The van der Waals surface area contributed by atoms with Crippen molar-refractivity contribution in [3.63, 3.8) is 0 Å². The number of hydrogen-bond acceptors (Lipinski definition) is 3. The second-order valence-electron chi connectivity index (χ2n) is 6.92. The Bertz CT molecular complexity index is 767. The van der Waals surface area contributed by atoms with Crippen LogP contribution in [-0.4, -0.2) is 35.3 Å². The summed E-state index contributed by atoms with van der Waals surface area (Å²) in [7, 11) is 0. The van der Waals surface area contributed by atoms with E-state index >= 15 is 0 Å². The van der Waals surface area contributed by atoms with Crippen molar-refractivity contribution in [1.82, 2.24) is 20.4 Å². The van der Waals surface area contributed by atoms with E-state index < -0.39 is 0 Å². The largest absolute Gasteiger partial charge is 0.350 e. The first-order valence-electron chi connectivity index (χ1n) is 8.35. The summed E-state index contributed by atoms with van der Waals surface area (Å²) in [4.78, 5) is 24.5. The van der Waals surface area contributed by atoms with Gasteiger partial charge in [-0.25, -0.2) is 4.68 Å². The van der Waals surface area contributed by atoms with Gasteiger partial charge in [-0.3, -0.25) is 14.7 Å². The molecule has 0 radical (unpaired) electrons. The standard InChI is InChI=1S/C18H24N4O2/c1-13-3-5-14(6-4-13)22-16(23)11-15(21-22)17(24)20-12-18(2)7-9-19-10-8-18/h3-6,11,19,21H,7-10,12H2,1-2H3,(H,20,24). The number of H-pyrrole nitrogens is 1. The van der Waals surface area contributed by atoms with E-state index in [1.54, 1.807) is 0 Å². The van der Waals surface area contributed by atoms with Gasteiger partial charge in [-0.1, -0.05) is 24.6 Å². The molecule has 128 valence electrons. The van der Waals surface area contributed by atoms with Crippen molar-refractivity contribution in [1.29, 1.82) is 0 Å². The fraction of sp³-hybridized carbons (Fsp3) is 0.444. The van der Waals surface area contributed by atoms with E-state index in [9.17, 15) is 9.59 Å². The van der Waals surface area contributed by atoms with Crippen molar-refractivity contribution >= 4 is 5.91 Å². The highest BCUT2D eigenvalue weighted by atomic mass is 16.2. The quantitative estimate of drug-likeness (QED) is 0.797. The molecule has 1 amide bonds. The third kappa shape index (κ3) is 3.59. The number of rotatable bonds is 4. The lowest BCUT2D eigenvalue weighted by atomic mass is 9.81. The first-order chi connectivity index (χ1) is 11.5. The third-order valence-electron chi connectivity index (χ3n) is 4.74. The van der Waals surface area contributed by atoms with Crippen LogP contribution in [0.2, 0.25) is 0 Å². The van der Waals surface area contributed by atoms with Gasteiger partial charge in [0.2, 0.25) is 0 Å². The molecule has 3 rings (SSSR count). The molecule has 0 spiro atoms. The van der Waals surface area contributed by atoms with Crippen LogP contribution in [0.3, 0.4) is 0 Å². The molecule has 0 atom stereocenters. The van der Waals surface area contributed by atoms with Gasteiger partial charge in [-0.2, -0.15) is 0 Å². The second kappa shape index (κ2) is 6.65. The zero-order valence-corrected chi connectivity index (χ0v) is 14.2. The first-order valence-corrected chi connectivity index (χ1v) is 8.35. The van der Waals surface area contributed by atoms with Crippen molar-refractivity contribution in [2.45, 2.75) is 26.7 Å². The molecule has 1 aromatic heterocycles. The lowest BCUT2D eigenvalue weighted by Gasteiger charge is -2.34. The minimum Gasteiger partial charge on any atom is -0.350 e. The smallest absolute Gasteiger partial charge is 0.271 e. The highest BCUT2D eigenvalue weighted by molar-refractivity contribution is 5.92. The summed E-state index contributed by atoms with van der Waals surface area (Å²) in [5.74, 6) is -0.238. The lowest BCUT2D eigenvalue weighted by molar-refractivity contribution is 0.0917.